The van der Waals surface area contributed by atoms with Gasteiger partial charge in [0.25, 0.3) is 0 Å². The van der Waals surface area contributed by atoms with Crippen molar-refractivity contribution in [1.82, 2.24) is 0 Å². The SMILES string of the molecule is CCCC[C@H](CC)CC[C@@H](C)OC(=O)C(CC)CC. The number of esters is 1. The number of hydrogen-bond donors (Lipinski definition) is 0. The summed E-state index contributed by atoms with van der Waals surface area (Å²) in [5.74, 6) is 0.887. The summed E-state index contributed by atoms with van der Waals surface area (Å²) >= 11 is 0. The van der Waals surface area contributed by atoms with E-state index in [4.69, 9.17) is 4.74 Å². The van der Waals surface area contributed by atoms with Gasteiger partial charge in [-0.2, -0.15) is 0 Å². The average Bonchev–Trinajstić information content (AvgIpc) is 2.40. The Bertz CT molecular complexity index is 221. The van der Waals surface area contributed by atoms with Gasteiger partial charge >= 0.3 is 5.97 Å². The van der Waals surface area contributed by atoms with E-state index in [1.165, 1.54) is 32.1 Å². The topological polar surface area (TPSA) is 26.3 Å². The number of ether oxygens (including phenoxy) is 1. The number of unbranched alkanes of at least 4 members (excludes halogenated alkanes) is 1. The van der Waals surface area contributed by atoms with Gasteiger partial charge in [-0.3, -0.25) is 4.79 Å². The van der Waals surface area contributed by atoms with Gasteiger partial charge in [-0.15, -0.1) is 0 Å². The number of rotatable bonds is 11. The smallest absolute Gasteiger partial charge is 0.309 e. The molecule has 0 aliphatic rings. The van der Waals surface area contributed by atoms with Crippen molar-refractivity contribution in [3.05, 3.63) is 0 Å². The first-order valence-electron chi connectivity index (χ1n) is 8.29. The van der Waals surface area contributed by atoms with Crippen LogP contribution in [0.3, 0.4) is 0 Å². The molecule has 0 saturated heterocycles. The zero-order valence-electron chi connectivity index (χ0n) is 13.7. The van der Waals surface area contributed by atoms with Crippen LogP contribution >= 0.6 is 0 Å². The van der Waals surface area contributed by atoms with Gasteiger partial charge in [0.1, 0.15) is 0 Å². The predicted octanol–water partition coefficient (Wildman–Crippen LogP) is 5.35. The Labute approximate surface area is 120 Å². The summed E-state index contributed by atoms with van der Waals surface area (Å²) in [7, 11) is 0. The summed E-state index contributed by atoms with van der Waals surface area (Å²) < 4.78 is 5.55. The molecular weight excluding hydrogens is 236 g/mol. The van der Waals surface area contributed by atoms with E-state index in [0.29, 0.717) is 0 Å². The first-order valence-corrected chi connectivity index (χ1v) is 8.29. The molecule has 0 heterocycles. The standard InChI is InChI=1S/C17H34O2/c1-6-10-11-15(7-2)13-12-14(5)19-17(18)16(8-3)9-4/h14-16H,6-13H2,1-5H3/t14-,15+/m1/s1. The summed E-state index contributed by atoms with van der Waals surface area (Å²) in [5, 5.41) is 0. The lowest BCUT2D eigenvalue weighted by Crippen LogP contribution is -2.22. The van der Waals surface area contributed by atoms with E-state index in [9.17, 15) is 4.79 Å². The Kier molecular flexibility index (Phi) is 11.0. The van der Waals surface area contributed by atoms with Crippen molar-refractivity contribution in [2.75, 3.05) is 0 Å². The van der Waals surface area contributed by atoms with Gasteiger partial charge in [0, 0.05) is 0 Å². The minimum atomic E-state index is -0.000827. The number of carbonyl (C=O) groups excluding carboxylic acids is 1. The van der Waals surface area contributed by atoms with Crippen molar-refractivity contribution in [3.63, 3.8) is 0 Å². The van der Waals surface area contributed by atoms with Crippen molar-refractivity contribution in [3.8, 4) is 0 Å². The van der Waals surface area contributed by atoms with Crippen LogP contribution in [-0.4, -0.2) is 12.1 Å². The molecule has 0 aliphatic carbocycles. The Morgan fingerprint density at radius 2 is 1.58 bits per heavy atom. The molecule has 0 spiro atoms. The van der Waals surface area contributed by atoms with E-state index < -0.39 is 0 Å². The quantitative estimate of drug-likeness (QED) is 0.473. The van der Waals surface area contributed by atoms with Gasteiger partial charge in [0.2, 0.25) is 0 Å². The normalized spacial score (nSPS) is 14.4. The molecule has 0 bridgehead atoms. The van der Waals surface area contributed by atoms with Crippen molar-refractivity contribution in [2.45, 2.75) is 92.1 Å². The average molecular weight is 270 g/mol. The van der Waals surface area contributed by atoms with E-state index >= 15 is 0 Å². The molecule has 0 aromatic carbocycles. The second-order valence-electron chi connectivity index (χ2n) is 5.75. The molecule has 0 fully saturated rings. The van der Waals surface area contributed by atoms with Crippen molar-refractivity contribution in [1.29, 1.82) is 0 Å². The van der Waals surface area contributed by atoms with Crippen LogP contribution in [-0.2, 0) is 9.53 Å². The van der Waals surface area contributed by atoms with Crippen LogP contribution in [0.5, 0.6) is 0 Å². The molecule has 0 aromatic rings. The molecule has 2 heteroatoms. The van der Waals surface area contributed by atoms with Gasteiger partial charge < -0.3 is 4.74 Å². The van der Waals surface area contributed by atoms with E-state index in [2.05, 4.69) is 27.7 Å². The lowest BCUT2D eigenvalue weighted by Gasteiger charge is -2.20. The van der Waals surface area contributed by atoms with Gasteiger partial charge in [-0.25, -0.2) is 0 Å². The van der Waals surface area contributed by atoms with Crippen LogP contribution in [0.1, 0.15) is 86.0 Å². The van der Waals surface area contributed by atoms with Gasteiger partial charge in [-0.05, 0) is 38.5 Å². The summed E-state index contributed by atoms with van der Waals surface area (Å²) in [6.45, 7) is 10.6. The van der Waals surface area contributed by atoms with Crippen LogP contribution in [0, 0.1) is 11.8 Å². The third-order valence-electron chi connectivity index (χ3n) is 4.16. The van der Waals surface area contributed by atoms with Crippen LogP contribution < -0.4 is 0 Å². The highest BCUT2D eigenvalue weighted by atomic mass is 16.5. The Morgan fingerprint density at radius 1 is 0.947 bits per heavy atom. The van der Waals surface area contributed by atoms with Crippen LogP contribution in [0.4, 0.5) is 0 Å². The largest absolute Gasteiger partial charge is 0.462 e. The van der Waals surface area contributed by atoms with E-state index in [1.807, 2.05) is 6.92 Å². The number of hydrogen-bond acceptors (Lipinski definition) is 2. The lowest BCUT2D eigenvalue weighted by molar-refractivity contribution is -0.153. The second kappa shape index (κ2) is 11.3. The lowest BCUT2D eigenvalue weighted by atomic mass is 9.93. The maximum absolute atomic E-state index is 11.9. The third-order valence-corrected chi connectivity index (χ3v) is 4.16. The summed E-state index contributed by atoms with van der Waals surface area (Å²) in [4.78, 5) is 11.9. The third kappa shape index (κ3) is 8.28. The molecule has 0 radical (unpaired) electrons. The Morgan fingerprint density at radius 3 is 2.05 bits per heavy atom. The maximum Gasteiger partial charge on any atom is 0.309 e. The summed E-state index contributed by atoms with van der Waals surface area (Å²) in [6, 6.07) is 0. The van der Waals surface area contributed by atoms with Crippen molar-refractivity contribution in [2.24, 2.45) is 11.8 Å². The molecular formula is C17H34O2. The van der Waals surface area contributed by atoms with E-state index in [1.54, 1.807) is 0 Å². The van der Waals surface area contributed by atoms with Gasteiger partial charge in [0.05, 0.1) is 12.0 Å². The second-order valence-corrected chi connectivity index (χ2v) is 5.75. The highest BCUT2D eigenvalue weighted by Crippen LogP contribution is 2.21. The highest BCUT2D eigenvalue weighted by molar-refractivity contribution is 5.72. The highest BCUT2D eigenvalue weighted by Gasteiger charge is 2.19. The monoisotopic (exact) mass is 270 g/mol. The minimum absolute atomic E-state index is 0.000827. The first kappa shape index (κ1) is 18.5. The van der Waals surface area contributed by atoms with Gasteiger partial charge in [0.15, 0.2) is 0 Å². The van der Waals surface area contributed by atoms with Crippen LogP contribution in [0.15, 0.2) is 0 Å². The summed E-state index contributed by atoms with van der Waals surface area (Å²) in [6.07, 6.45) is 9.20. The molecule has 0 amide bonds. The molecule has 0 rings (SSSR count). The van der Waals surface area contributed by atoms with E-state index in [0.717, 1.165) is 25.2 Å². The van der Waals surface area contributed by atoms with Crippen molar-refractivity contribution >= 4 is 5.97 Å². The zero-order valence-corrected chi connectivity index (χ0v) is 13.7. The Hall–Kier alpha value is -0.530. The fourth-order valence-electron chi connectivity index (χ4n) is 2.49. The fourth-order valence-corrected chi connectivity index (χ4v) is 2.49. The van der Waals surface area contributed by atoms with Crippen LogP contribution in [0.25, 0.3) is 0 Å². The molecule has 0 aliphatic heterocycles. The molecule has 2 nitrogen and oxygen atoms in total. The van der Waals surface area contributed by atoms with Crippen molar-refractivity contribution < 1.29 is 9.53 Å². The maximum atomic E-state index is 11.9. The molecule has 0 saturated carbocycles. The fraction of sp³-hybridized carbons (Fsp3) is 0.941. The first-order chi connectivity index (χ1) is 9.08. The number of carbonyl (C=O) groups is 1. The van der Waals surface area contributed by atoms with E-state index in [-0.39, 0.29) is 18.0 Å². The molecule has 0 N–H and O–H groups in total. The molecule has 114 valence electrons. The van der Waals surface area contributed by atoms with Crippen LogP contribution in [0.2, 0.25) is 0 Å². The van der Waals surface area contributed by atoms with Gasteiger partial charge in [-0.1, -0.05) is 53.4 Å². The minimum Gasteiger partial charge on any atom is -0.462 e. The Balaban J connectivity index is 3.95. The molecule has 19 heavy (non-hydrogen) atoms. The summed E-state index contributed by atoms with van der Waals surface area (Å²) in [5.41, 5.74) is 0. The zero-order chi connectivity index (χ0) is 14.7. The predicted molar refractivity (Wildman–Crippen MR) is 82.2 cm³/mol. The molecule has 0 aromatic heterocycles. The molecule has 2 atom stereocenters. The molecule has 0 unspecified atom stereocenters.